The van der Waals surface area contributed by atoms with Gasteiger partial charge in [-0.25, -0.2) is 4.98 Å². The largest absolute Gasteiger partial charge is 0.299 e. The molecule has 0 unspecified atom stereocenters. The maximum absolute atomic E-state index is 12.9. The molecule has 4 rings (SSSR count). The lowest BCUT2D eigenvalue weighted by Gasteiger charge is -2.10. The van der Waals surface area contributed by atoms with Crippen LogP contribution in [0.25, 0.3) is 10.2 Å². The lowest BCUT2D eigenvalue weighted by molar-refractivity contribution is -0.116. The number of aromatic nitrogens is 4. The lowest BCUT2D eigenvalue weighted by Crippen LogP contribution is -2.28. The Morgan fingerprint density at radius 2 is 2.08 bits per heavy atom. The summed E-state index contributed by atoms with van der Waals surface area (Å²) >= 11 is 2.96. The first-order valence-corrected chi connectivity index (χ1v) is 10.3. The average molecular weight is 390 g/mol. The van der Waals surface area contributed by atoms with Gasteiger partial charge in [-0.05, 0) is 31.2 Å². The highest BCUT2D eigenvalue weighted by atomic mass is 32.1. The zero-order valence-corrected chi connectivity index (χ0v) is 16.2. The fraction of sp³-hybridized carbons (Fsp3) is 0.471. The first-order chi connectivity index (χ1) is 12.5. The van der Waals surface area contributed by atoms with Gasteiger partial charge in [0.05, 0.1) is 11.7 Å². The molecule has 136 valence electrons. The number of fused-ring (bicyclic) bond motifs is 3. The zero-order valence-electron chi connectivity index (χ0n) is 14.6. The Bertz CT molecular complexity index is 1030. The Morgan fingerprint density at radius 1 is 1.27 bits per heavy atom. The molecular formula is C17H19N5O2S2. The van der Waals surface area contributed by atoms with Crippen LogP contribution in [-0.4, -0.2) is 25.7 Å². The minimum atomic E-state index is -0.302. The molecule has 0 saturated carbocycles. The molecule has 7 nitrogen and oxygen atoms in total. The Labute approximate surface area is 158 Å². The van der Waals surface area contributed by atoms with Crippen molar-refractivity contribution in [3.63, 3.8) is 0 Å². The van der Waals surface area contributed by atoms with Crippen LogP contribution in [0.15, 0.2) is 11.1 Å². The number of anilines is 1. The molecule has 1 aliphatic carbocycles. The Morgan fingerprint density at radius 3 is 2.85 bits per heavy atom. The number of thiophene rings is 1. The summed E-state index contributed by atoms with van der Waals surface area (Å²) in [7, 11) is 0. The summed E-state index contributed by atoms with van der Waals surface area (Å²) in [4.78, 5) is 31.6. The quantitative estimate of drug-likeness (QED) is 0.741. The van der Waals surface area contributed by atoms with Crippen LogP contribution in [0.3, 0.4) is 0 Å². The van der Waals surface area contributed by atoms with E-state index in [0.717, 1.165) is 41.1 Å². The van der Waals surface area contributed by atoms with Gasteiger partial charge in [-0.15, -0.1) is 21.5 Å². The highest BCUT2D eigenvalue weighted by Gasteiger charge is 2.20. The van der Waals surface area contributed by atoms with E-state index in [4.69, 9.17) is 0 Å². The number of hydrogen-bond donors (Lipinski definition) is 1. The van der Waals surface area contributed by atoms with E-state index in [9.17, 15) is 9.59 Å². The Balaban J connectivity index is 1.57. The predicted molar refractivity (Wildman–Crippen MR) is 103 cm³/mol. The van der Waals surface area contributed by atoms with Crippen LogP contribution < -0.4 is 10.9 Å². The van der Waals surface area contributed by atoms with Crippen LogP contribution in [0.4, 0.5) is 5.13 Å². The fourth-order valence-electron chi connectivity index (χ4n) is 3.13. The number of aryl methyl sites for hydroxylation is 2. The normalized spacial score (nSPS) is 14.0. The number of amides is 1. The highest BCUT2D eigenvalue weighted by molar-refractivity contribution is 7.18. The van der Waals surface area contributed by atoms with Crippen molar-refractivity contribution in [2.75, 3.05) is 5.32 Å². The predicted octanol–water partition coefficient (Wildman–Crippen LogP) is 2.95. The maximum atomic E-state index is 12.9. The van der Waals surface area contributed by atoms with Crippen LogP contribution in [0.2, 0.25) is 0 Å². The monoisotopic (exact) mass is 389 g/mol. The third-order valence-corrected chi connectivity index (χ3v) is 6.78. The van der Waals surface area contributed by atoms with Crippen molar-refractivity contribution in [1.82, 2.24) is 19.7 Å². The molecule has 0 bridgehead atoms. The zero-order chi connectivity index (χ0) is 18.3. The first-order valence-electron chi connectivity index (χ1n) is 8.66. The van der Waals surface area contributed by atoms with Crippen molar-refractivity contribution in [2.45, 2.75) is 52.0 Å². The second-order valence-electron chi connectivity index (χ2n) is 6.72. The van der Waals surface area contributed by atoms with Gasteiger partial charge in [0.1, 0.15) is 16.4 Å². The first kappa shape index (κ1) is 17.3. The lowest BCUT2D eigenvalue weighted by atomic mass is 9.97. The molecule has 0 spiro atoms. The number of carbonyl (C=O) groups is 1. The second-order valence-corrected chi connectivity index (χ2v) is 8.81. The average Bonchev–Trinajstić information content (AvgIpc) is 3.22. The van der Waals surface area contributed by atoms with Crippen LogP contribution in [0.5, 0.6) is 0 Å². The van der Waals surface area contributed by atoms with E-state index in [1.807, 2.05) is 13.8 Å². The molecule has 0 fully saturated rings. The van der Waals surface area contributed by atoms with Gasteiger partial charge >= 0.3 is 0 Å². The minimum absolute atomic E-state index is 0.0804. The van der Waals surface area contributed by atoms with Crippen molar-refractivity contribution in [3.05, 3.63) is 32.1 Å². The van der Waals surface area contributed by atoms with E-state index >= 15 is 0 Å². The van der Waals surface area contributed by atoms with Gasteiger partial charge in [0, 0.05) is 10.8 Å². The third kappa shape index (κ3) is 3.16. The molecule has 3 aromatic heterocycles. The van der Waals surface area contributed by atoms with Gasteiger partial charge in [0.25, 0.3) is 5.56 Å². The van der Waals surface area contributed by atoms with E-state index in [1.54, 1.807) is 11.3 Å². The Hall–Kier alpha value is -2.13. The van der Waals surface area contributed by atoms with Gasteiger partial charge in [0.15, 0.2) is 0 Å². The summed E-state index contributed by atoms with van der Waals surface area (Å²) in [5.74, 6) is -0.0408. The summed E-state index contributed by atoms with van der Waals surface area (Å²) in [6.07, 6.45) is 5.67. The van der Waals surface area contributed by atoms with E-state index in [0.29, 0.717) is 10.5 Å². The summed E-state index contributed by atoms with van der Waals surface area (Å²) in [5, 5.41) is 12.8. The summed E-state index contributed by atoms with van der Waals surface area (Å²) in [6, 6.07) is 0. The molecule has 0 aromatic carbocycles. The molecule has 1 N–H and O–H groups in total. The van der Waals surface area contributed by atoms with Crippen molar-refractivity contribution < 1.29 is 4.79 Å². The number of carbonyl (C=O) groups excluding carboxylic acids is 1. The molecule has 26 heavy (non-hydrogen) atoms. The molecule has 0 saturated heterocycles. The molecule has 1 aliphatic rings. The van der Waals surface area contributed by atoms with Crippen molar-refractivity contribution in [2.24, 2.45) is 0 Å². The highest BCUT2D eigenvalue weighted by Crippen LogP contribution is 2.33. The molecule has 0 atom stereocenters. The number of rotatable bonds is 4. The molecule has 0 radical (unpaired) electrons. The van der Waals surface area contributed by atoms with Crippen molar-refractivity contribution >= 4 is 43.9 Å². The summed E-state index contributed by atoms with van der Waals surface area (Å²) in [6.45, 7) is 3.96. The SMILES string of the molecule is CC(C)c1nnc(NC(=O)Cn2cnc3sc4c(c3c2=O)CCCC4)s1. The van der Waals surface area contributed by atoms with Crippen molar-refractivity contribution in [1.29, 1.82) is 0 Å². The topological polar surface area (TPSA) is 89.8 Å². The third-order valence-electron chi connectivity index (χ3n) is 4.44. The molecular weight excluding hydrogens is 370 g/mol. The maximum Gasteiger partial charge on any atom is 0.262 e. The van der Waals surface area contributed by atoms with E-state index in [1.165, 1.54) is 27.1 Å². The number of nitrogens with zero attached hydrogens (tertiary/aromatic N) is 4. The van der Waals surface area contributed by atoms with Gasteiger partial charge in [-0.3, -0.25) is 19.5 Å². The minimum Gasteiger partial charge on any atom is -0.299 e. The van der Waals surface area contributed by atoms with Crippen LogP contribution >= 0.6 is 22.7 Å². The molecule has 3 heterocycles. The molecule has 1 amide bonds. The van der Waals surface area contributed by atoms with Gasteiger partial charge in [-0.2, -0.15) is 0 Å². The summed E-state index contributed by atoms with van der Waals surface area (Å²) in [5.41, 5.74) is 0.999. The van der Waals surface area contributed by atoms with Gasteiger partial charge in [-0.1, -0.05) is 25.2 Å². The van der Waals surface area contributed by atoms with E-state index in [-0.39, 0.29) is 23.9 Å². The molecule has 0 aliphatic heterocycles. The summed E-state index contributed by atoms with van der Waals surface area (Å²) < 4.78 is 1.38. The number of hydrogen-bond acceptors (Lipinski definition) is 7. The number of nitrogens with one attached hydrogen (secondary N) is 1. The van der Waals surface area contributed by atoms with Crippen LogP contribution in [-0.2, 0) is 24.2 Å². The smallest absolute Gasteiger partial charge is 0.262 e. The molecule has 3 aromatic rings. The van der Waals surface area contributed by atoms with E-state index in [2.05, 4.69) is 20.5 Å². The second kappa shape index (κ2) is 6.88. The van der Waals surface area contributed by atoms with Crippen LogP contribution in [0, 0.1) is 0 Å². The van der Waals surface area contributed by atoms with Crippen LogP contribution in [0.1, 0.15) is 48.1 Å². The Kier molecular flexibility index (Phi) is 4.58. The van der Waals surface area contributed by atoms with Gasteiger partial charge in [0.2, 0.25) is 11.0 Å². The standard InChI is InChI=1S/C17H19N5O2S2/c1-9(2)14-20-21-17(26-14)19-12(23)7-22-8-18-15-13(16(22)24)10-5-3-4-6-11(10)25-15/h8-9H,3-7H2,1-2H3,(H,19,21,23). The van der Waals surface area contributed by atoms with Crippen molar-refractivity contribution in [3.8, 4) is 0 Å². The van der Waals surface area contributed by atoms with Gasteiger partial charge < -0.3 is 0 Å². The molecule has 9 heteroatoms. The van der Waals surface area contributed by atoms with E-state index < -0.39 is 0 Å². The fourth-order valence-corrected chi connectivity index (χ4v) is 5.11.